The predicted octanol–water partition coefficient (Wildman–Crippen LogP) is 2.50. The number of nitrogens with one attached hydrogen (secondary N) is 1. The third-order valence-electron chi connectivity index (χ3n) is 3.91. The van der Waals surface area contributed by atoms with Gasteiger partial charge >= 0.3 is 0 Å². The fourth-order valence-corrected chi connectivity index (χ4v) is 2.78. The van der Waals surface area contributed by atoms with Crippen LogP contribution in [0, 0.1) is 0 Å². The Balaban J connectivity index is 0.00000312. The summed E-state index contributed by atoms with van der Waals surface area (Å²) in [6.45, 7) is 1.53. The maximum atomic E-state index is 11.8. The van der Waals surface area contributed by atoms with Gasteiger partial charge in [0.1, 0.15) is 0 Å². The molecule has 0 saturated carbocycles. The SMILES string of the molecule is CN=C(NCCN1C(=O)CCCC1=O)N(C)Cc1ccc(Cl)cc1.I. The molecular formula is C17H24ClIN4O2. The van der Waals surface area contributed by atoms with Crippen molar-refractivity contribution in [2.24, 2.45) is 4.99 Å². The van der Waals surface area contributed by atoms with E-state index in [1.165, 1.54) is 4.90 Å². The summed E-state index contributed by atoms with van der Waals surface area (Å²) in [7, 11) is 3.64. The van der Waals surface area contributed by atoms with E-state index in [0.717, 1.165) is 5.56 Å². The van der Waals surface area contributed by atoms with Gasteiger partial charge in [-0.15, -0.1) is 24.0 Å². The largest absolute Gasteiger partial charge is 0.354 e. The first-order valence-electron chi connectivity index (χ1n) is 8.00. The summed E-state index contributed by atoms with van der Waals surface area (Å²) >= 11 is 5.89. The molecule has 1 aromatic rings. The number of amides is 2. The van der Waals surface area contributed by atoms with Gasteiger partial charge in [-0.25, -0.2) is 0 Å². The molecule has 1 N–H and O–H groups in total. The second-order valence-corrected chi connectivity index (χ2v) is 6.19. The van der Waals surface area contributed by atoms with Gasteiger partial charge in [-0.2, -0.15) is 0 Å². The molecule has 1 saturated heterocycles. The highest BCUT2D eigenvalue weighted by molar-refractivity contribution is 14.0. The number of hydrogen-bond acceptors (Lipinski definition) is 3. The summed E-state index contributed by atoms with van der Waals surface area (Å²) in [6, 6.07) is 7.65. The molecule has 1 fully saturated rings. The highest BCUT2D eigenvalue weighted by atomic mass is 127. The van der Waals surface area contributed by atoms with Crippen molar-refractivity contribution in [3.63, 3.8) is 0 Å². The number of rotatable bonds is 5. The van der Waals surface area contributed by atoms with Gasteiger partial charge in [-0.3, -0.25) is 19.5 Å². The molecule has 2 rings (SSSR count). The summed E-state index contributed by atoms with van der Waals surface area (Å²) in [5.41, 5.74) is 1.12. The van der Waals surface area contributed by atoms with Gasteiger partial charge in [0.2, 0.25) is 11.8 Å². The van der Waals surface area contributed by atoms with Crippen LogP contribution in [0.3, 0.4) is 0 Å². The monoisotopic (exact) mass is 478 g/mol. The Hall–Kier alpha value is -1.35. The van der Waals surface area contributed by atoms with Crippen molar-refractivity contribution in [1.29, 1.82) is 0 Å². The predicted molar refractivity (Wildman–Crippen MR) is 110 cm³/mol. The summed E-state index contributed by atoms with van der Waals surface area (Å²) < 4.78 is 0. The molecule has 0 unspecified atom stereocenters. The topological polar surface area (TPSA) is 65.0 Å². The second kappa shape index (κ2) is 10.6. The van der Waals surface area contributed by atoms with Crippen LogP contribution in [-0.2, 0) is 16.1 Å². The van der Waals surface area contributed by atoms with Gasteiger partial charge in [0.15, 0.2) is 5.96 Å². The Morgan fingerprint density at radius 2 is 1.84 bits per heavy atom. The normalized spacial score (nSPS) is 15.0. The molecule has 0 spiro atoms. The number of imide groups is 1. The molecule has 138 valence electrons. The van der Waals surface area contributed by atoms with Gasteiger partial charge in [0.25, 0.3) is 0 Å². The molecule has 6 nitrogen and oxygen atoms in total. The summed E-state index contributed by atoms with van der Waals surface area (Å²) in [6.07, 6.45) is 1.57. The number of guanidine groups is 1. The van der Waals surface area contributed by atoms with E-state index in [1.807, 2.05) is 36.2 Å². The Bertz CT molecular complexity index is 606. The number of benzene rings is 1. The Labute approximate surface area is 170 Å². The lowest BCUT2D eigenvalue weighted by atomic mass is 10.1. The summed E-state index contributed by atoms with van der Waals surface area (Å²) in [4.78, 5) is 31.1. The van der Waals surface area contributed by atoms with Crippen LogP contribution in [0.15, 0.2) is 29.3 Å². The highest BCUT2D eigenvalue weighted by Crippen LogP contribution is 2.12. The number of carbonyl (C=O) groups excluding carboxylic acids is 2. The zero-order valence-corrected chi connectivity index (χ0v) is 17.6. The van der Waals surface area contributed by atoms with Crippen LogP contribution in [0.2, 0.25) is 5.02 Å². The molecule has 0 bridgehead atoms. The molecule has 2 amide bonds. The van der Waals surface area contributed by atoms with Crippen LogP contribution in [0.5, 0.6) is 0 Å². The van der Waals surface area contributed by atoms with Gasteiger partial charge in [0, 0.05) is 51.6 Å². The third-order valence-corrected chi connectivity index (χ3v) is 4.16. The number of carbonyl (C=O) groups is 2. The lowest BCUT2D eigenvalue weighted by Gasteiger charge is -2.26. The van der Waals surface area contributed by atoms with E-state index < -0.39 is 0 Å². The van der Waals surface area contributed by atoms with E-state index in [2.05, 4.69) is 10.3 Å². The first-order valence-corrected chi connectivity index (χ1v) is 8.38. The van der Waals surface area contributed by atoms with Crippen molar-refractivity contribution < 1.29 is 9.59 Å². The first-order chi connectivity index (χ1) is 11.5. The van der Waals surface area contributed by atoms with Gasteiger partial charge in [-0.05, 0) is 24.1 Å². The number of likely N-dealkylation sites (tertiary alicyclic amines) is 1. The number of hydrogen-bond donors (Lipinski definition) is 1. The number of halogens is 2. The maximum Gasteiger partial charge on any atom is 0.229 e. The van der Waals surface area contributed by atoms with Crippen LogP contribution < -0.4 is 5.32 Å². The molecule has 1 heterocycles. The first kappa shape index (κ1) is 21.7. The molecule has 0 radical (unpaired) electrons. The molecule has 0 aliphatic carbocycles. The smallest absolute Gasteiger partial charge is 0.229 e. The van der Waals surface area contributed by atoms with Gasteiger partial charge < -0.3 is 10.2 Å². The lowest BCUT2D eigenvalue weighted by Crippen LogP contribution is -2.46. The van der Waals surface area contributed by atoms with E-state index in [0.29, 0.717) is 49.9 Å². The maximum absolute atomic E-state index is 11.8. The van der Waals surface area contributed by atoms with E-state index in [9.17, 15) is 9.59 Å². The molecule has 0 atom stereocenters. The van der Waals surface area contributed by atoms with E-state index in [-0.39, 0.29) is 35.8 Å². The molecule has 0 aromatic heterocycles. The standard InChI is InChI=1S/C17H23ClN4O2.HI/c1-19-17(21(2)12-13-6-8-14(18)9-7-13)20-10-11-22-15(23)4-3-5-16(22)24;/h6-9H,3-5,10-12H2,1-2H3,(H,19,20);1H. The van der Waals surface area contributed by atoms with Crippen molar-refractivity contribution in [3.8, 4) is 0 Å². The van der Waals surface area contributed by atoms with Crippen LogP contribution >= 0.6 is 35.6 Å². The van der Waals surface area contributed by atoms with E-state index in [1.54, 1.807) is 7.05 Å². The number of nitrogens with zero attached hydrogens (tertiary/aromatic N) is 3. The van der Waals surface area contributed by atoms with Crippen LogP contribution in [0.1, 0.15) is 24.8 Å². The third kappa shape index (κ3) is 6.47. The summed E-state index contributed by atoms with van der Waals surface area (Å²) in [5.74, 6) is 0.539. The van der Waals surface area contributed by atoms with E-state index >= 15 is 0 Å². The summed E-state index contributed by atoms with van der Waals surface area (Å²) in [5, 5.41) is 3.90. The Kier molecular flexibility index (Phi) is 9.20. The van der Waals surface area contributed by atoms with Gasteiger partial charge in [0.05, 0.1) is 0 Å². The van der Waals surface area contributed by atoms with Crippen LogP contribution in [0.4, 0.5) is 0 Å². The molecule has 1 aliphatic heterocycles. The zero-order valence-electron chi connectivity index (χ0n) is 14.5. The van der Waals surface area contributed by atoms with Crippen LogP contribution in [-0.4, -0.2) is 54.8 Å². The number of aliphatic imine (C=N–C) groups is 1. The lowest BCUT2D eigenvalue weighted by molar-refractivity contribution is -0.147. The van der Waals surface area contributed by atoms with Crippen molar-refractivity contribution >= 4 is 53.4 Å². The van der Waals surface area contributed by atoms with Crippen molar-refractivity contribution in [2.75, 3.05) is 27.2 Å². The average Bonchev–Trinajstić information content (AvgIpc) is 2.56. The van der Waals surface area contributed by atoms with Crippen LogP contribution in [0.25, 0.3) is 0 Å². The average molecular weight is 479 g/mol. The Morgan fingerprint density at radius 3 is 2.40 bits per heavy atom. The minimum atomic E-state index is -0.0856. The fourth-order valence-electron chi connectivity index (χ4n) is 2.65. The molecule has 1 aromatic carbocycles. The Morgan fingerprint density at radius 1 is 1.24 bits per heavy atom. The van der Waals surface area contributed by atoms with Crippen molar-refractivity contribution in [3.05, 3.63) is 34.9 Å². The van der Waals surface area contributed by atoms with Crippen molar-refractivity contribution in [1.82, 2.24) is 15.1 Å². The quantitative estimate of drug-likeness (QED) is 0.306. The minimum absolute atomic E-state index is 0. The molecular weight excluding hydrogens is 455 g/mol. The molecule has 25 heavy (non-hydrogen) atoms. The number of piperidine rings is 1. The molecule has 8 heteroatoms. The molecule has 1 aliphatic rings. The minimum Gasteiger partial charge on any atom is -0.354 e. The fraction of sp³-hybridized carbons (Fsp3) is 0.471. The highest BCUT2D eigenvalue weighted by Gasteiger charge is 2.25. The van der Waals surface area contributed by atoms with Crippen molar-refractivity contribution in [2.45, 2.75) is 25.8 Å². The zero-order chi connectivity index (χ0) is 17.5. The second-order valence-electron chi connectivity index (χ2n) is 5.75. The van der Waals surface area contributed by atoms with Gasteiger partial charge in [-0.1, -0.05) is 23.7 Å². The van der Waals surface area contributed by atoms with E-state index in [4.69, 9.17) is 11.6 Å².